The molecule has 5 rings (SSSR count). The fraction of sp³-hybridized carbons (Fsp3) is 0.417. The number of ether oxygens (including phenoxy) is 1. The van der Waals surface area contributed by atoms with E-state index in [0.29, 0.717) is 19.3 Å². The lowest BCUT2D eigenvalue weighted by Gasteiger charge is -2.24. The van der Waals surface area contributed by atoms with Crippen molar-refractivity contribution >= 4 is 22.6 Å². The van der Waals surface area contributed by atoms with E-state index in [4.69, 9.17) is 4.74 Å². The summed E-state index contributed by atoms with van der Waals surface area (Å²) in [6.45, 7) is 3.39. The zero-order valence-electron chi connectivity index (χ0n) is 19.0. The summed E-state index contributed by atoms with van der Waals surface area (Å²) in [5.74, 6) is -7.27. The van der Waals surface area contributed by atoms with E-state index in [-0.39, 0.29) is 35.6 Å². The number of fused-ring (bicyclic) bond motifs is 1. The SMILES string of the molecule is Cc1nc(NC(=O)c2cccc(C(F)(F)[C@@H]3CCCO3)c2F)c2cn(C3(C)CC3)c(=O)c(F)c2n1. The van der Waals surface area contributed by atoms with E-state index >= 15 is 4.39 Å². The summed E-state index contributed by atoms with van der Waals surface area (Å²) in [6.07, 6.45) is 1.73. The third-order valence-corrected chi connectivity index (χ3v) is 6.65. The predicted octanol–water partition coefficient (Wildman–Crippen LogP) is 4.41. The third kappa shape index (κ3) is 3.87. The van der Waals surface area contributed by atoms with Gasteiger partial charge in [0.05, 0.1) is 16.5 Å². The van der Waals surface area contributed by atoms with Gasteiger partial charge in [0.15, 0.2) is 0 Å². The summed E-state index contributed by atoms with van der Waals surface area (Å²) in [5.41, 5.74) is -3.28. The molecule has 1 saturated carbocycles. The van der Waals surface area contributed by atoms with Gasteiger partial charge in [-0.1, -0.05) is 6.07 Å². The van der Waals surface area contributed by atoms with Crippen molar-refractivity contribution in [3.8, 4) is 0 Å². The number of nitrogens with one attached hydrogen (secondary N) is 1. The number of carbonyl (C=O) groups excluding carboxylic acids is 1. The molecular weight excluding hydrogens is 468 g/mol. The first kappa shape index (κ1) is 23.4. The molecule has 1 aliphatic carbocycles. The molecule has 2 fully saturated rings. The first-order chi connectivity index (χ1) is 16.5. The van der Waals surface area contributed by atoms with Gasteiger partial charge in [0.2, 0.25) is 5.82 Å². The van der Waals surface area contributed by atoms with Gasteiger partial charge in [-0.05, 0) is 51.7 Å². The highest BCUT2D eigenvalue weighted by Crippen LogP contribution is 2.43. The molecule has 3 heterocycles. The van der Waals surface area contributed by atoms with E-state index in [1.807, 2.05) is 0 Å². The molecule has 2 aliphatic rings. The summed E-state index contributed by atoms with van der Waals surface area (Å²) >= 11 is 0. The number of halogens is 4. The zero-order valence-corrected chi connectivity index (χ0v) is 19.0. The van der Waals surface area contributed by atoms with Crippen molar-refractivity contribution in [1.29, 1.82) is 0 Å². The van der Waals surface area contributed by atoms with Gasteiger partial charge in [0.25, 0.3) is 11.5 Å². The summed E-state index contributed by atoms with van der Waals surface area (Å²) in [4.78, 5) is 33.6. The number of nitrogens with zero attached hydrogens (tertiary/aromatic N) is 3. The van der Waals surface area contributed by atoms with Crippen LogP contribution < -0.4 is 10.9 Å². The van der Waals surface area contributed by atoms with Crippen LogP contribution in [0.3, 0.4) is 0 Å². The highest BCUT2D eigenvalue weighted by molar-refractivity contribution is 6.07. The lowest BCUT2D eigenvalue weighted by atomic mass is 9.98. The topological polar surface area (TPSA) is 86.1 Å². The van der Waals surface area contributed by atoms with Crippen LogP contribution in [0.1, 0.15) is 54.4 Å². The Hall–Kier alpha value is -3.34. The molecule has 0 bridgehead atoms. The molecular formula is C24H22F4N4O3. The van der Waals surface area contributed by atoms with Crippen molar-refractivity contribution in [3.05, 3.63) is 63.3 Å². The van der Waals surface area contributed by atoms with Gasteiger partial charge >= 0.3 is 5.92 Å². The molecule has 1 amide bonds. The molecule has 0 unspecified atom stereocenters. The lowest BCUT2D eigenvalue weighted by Crippen LogP contribution is -2.32. The molecule has 1 N–H and O–H groups in total. The Balaban J connectivity index is 1.55. The summed E-state index contributed by atoms with van der Waals surface area (Å²) in [5, 5.41) is 2.43. The van der Waals surface area contributed by atoms with Crippen LogP contribution in [0.15, 0.2) is 29.2 Å². The minimum absolute atomic E-state index is 0.0374. The number of carbonyl (C=O) groups is 1. The van der Waals surface area contributed by atoms with Crippen molar-refractivity contribution in [2.75, 3.05) is 11.9 Å². The molecule has 1 aliphatic heterocycles. The van der Waals surface area contributed by atoms with Crippen LogP contribution in [0.25, 0.3) is 10.9 Å². The maximum atomic E-state index is 15.2. The van der Waals surface area contributed by atoms with Crippen molar-refractivity contribution < 1.29 is 27.1 Å². The molecule has 184 valence electrons. The second-order valence-electron chi connectivity index (χ2n) is 9.24. The Morgan fingerprint density at radius 3 is 2.63 bits per heavy atom. The number of rotatable bonds is 5. The van der Waals surface area contributed by atoms with E-state index in [1.54, 1.807) is 6.92 Å². The maximum absolute atomic E-state index is 15.2. The quantitative estimate of drug-likeness (QED) is 0.536. The van der Waals surface area contributed by atoms with E-state index in [2.05, 4.69) is 15.3 Å². The minimum atomic E-state index is -3.63. The number of pyridine rings is 1. The minimum Gasteiger partial charge on any atom is -0.372 e. The number of amides is 1. The number of aromatic nitrogens is 3. The molecule has 1 saturated heterocycles. The first-order valence-corrected chi connectivity index (χ1v) is 11.2. The molecule has 35 heavy (non-hydrogen) atoms. The van der Waals surface area contributed by atoms with Gasteiger partial charge in [-0.25, -0.2) is 14.4 Å². The maximum Gasteiger partial charge on any atom is 0.301 e. The fourth-order valence-electron chi connectivity index (χ4n) is 4.36. The van der Waals surface area contributed by atoms with Gasteiger partial charge in [-0.2, -0.15) is 13.2 Å². The molecule has 1 atom stereocenters. The summed E-state index contributed by atoms with van der Waals surface area (Å²) in [6, 6.07) is 3.14. The first-order valence-electron chi connectivity index (χ1n) is 11.2. The van der Waals surface area contributed by atoms with Gasteiger partial charge in [-0.15, -0.1) is 0 Å². The molecule has 0 spiro atoms. The van der Waals surface area contributed by atoms with E-state index in [0.717, 1.165) is 18.2 Å². The zero-order chi connectivity index (χ0) is 25.1. The summed E-state index contributed by atoms with van der Waals surface area (Å²) in [7, 11) is 0. The van der Waals surface area contributed by atoms with Gasteiger partial charge in [-0.3, -0.25) is 9.59 Å². The van der Waals surface area contributed by atoms with Crippen LogP contribution in [0.2, 0.25) is 0 Å². The lowest BCUT2D eigenvalue weighted by molar-refractivity contribution is -0.124. The van der Waals surface area contributed by atoms with Gasteiger partial charge in [0.1, 0.15) is 29.1 Å². The van der Waals surface area contributed by atoms with Crippen molar-refractivity contribution in [2.45, 2.75) is 57.1 Å². The largest absolute Gasteiger partial charge is 0.372 e. The standard InChI is InChI=1S/C24H22F4N4O3/c1-12-29-19-14(11-32(22(34)18(19)26)23(2)8-9-23)20(30-12)31-21(33)13-5-3-6-15(17(13)25)24(27,28)16-7-4-10-35-16/h3,5-6,11,16H,4,7-10H2,1-2H3,(H,29,30,31,33)/t16-/m0/s1. The molecule has 3 aromatic rings. The highest BCUT2D eigenvalue weighted by atomic mass is 19.3. The number of benzene rings is 1. The predicted molar refractivity (Wildman–Crippen MR) is 119 cm³/mol. The normalized spacial score (nSPS) is 19.2. The van der Waals surface area contributed by atoms with Crippen LogP contribution in [-0.4, -0.2) is 33.2 Å². The average Bonchev–Trinajstić information content (AvgIpc) is 3.31. The molecule has 1 aromatic carbocycles. The van der Waals surface area contributed by atoms with Crippen LogP contribution in [0, 0.1) is 18.6 Å². The Morgan fingerprint density at radius 1 is 1.23 bits per heavy atom. The Labute approximate surface area is 197 Å². The van der Waals surface area contributed by atoms with E-state index in [1.165, 1.54) is 17.7 Å². The molecule has 7 nitrogen and oxygen atoms in total. The highest BCUT2D eigenvalue weighted by Gasteiger charge is 2.46. The van der Waals surface area contributed by atoms with Gasteiger partial charge < -0.3 is 14.6 Å². The summed E-state index contributed by atoms with van der Waals surface area (Å²) < 4.78 is 66.2. The average molecular weight is 490 g/mol. The monoisotopic (exact) mass is 490 g/mol. The van der Waals surface area contributed by atoms with Gasteiger partial charge in [0, 0.05) is 18.3 Å². The molecule has 11 heteroatoms. The Kier molecular flexibility index (Phi) is 5.42. The van der Waals surface area contributed by atoms with Crippen LogP contribution in [0.5, 0.6) is 0 Å². The van der Waals surface area contributed by atoms with Crippen molar-refractivity contribution in [3.63, 3.8) is 0 Å². The van der Waals surface area contributed by atoms with Crippen LogP contribution >= 0.6 is 0 Å². The molecule has 2 aromatic heterocycles. The van der Waals surface area contributed by atoms with Crippen LogP contribution in [-0.2, 0) is 16.2 Å². The second kappa shape index (κ2) is 8.11. The Bertz CT molecular complexity index is 1410. The second-order valence-corrected chi connectivity index (χ2v) is 9.24. The molecule has 0 radical (unpaired) electrons. The number of hydrogen-bond donors (Lipinski definition) is 1. The Morgan fingerprint density at radius 2 is 1.97 bits per heavy atom. The van der Waals surface area contributed by atoms with Crippen molar-refractivity contribution in [1.82, 2.24) is 14.5 Å². The van der Waals surface area contributed by atoms with E-state index < -0.39 is 51.8 Å². The number of aryl methyl sites for hydroxylation is 1. The van der Waals surface area contributed by atoms with Crippen LogP contribution in [0.4, 0.5) is 23.4 Å². The third-order valence-electron chi connectivity index (χ3n) is 6.65. The van der Waals surface area contributed by atoms with Crippen molar-refractivity contribution in [2.24, 2.45) is 0 Å². The number of anilines is 1. The van der Waals surface area contributed by atoms with E-state index in [9.17, 15) is 22.8 Å². The number of hydrogen-bond acceptors (Lipinski definition) is 5. The number of alkyl halides is 2. The smallest absolute Gasteiger partial charge is 0.301 e. The fourth-order valence-corrected chi connectivity index (χ4v) is 4.36.